The molecule has 0 aliphatic rings. The minimum Gasteiger partial charge on any atom is -0.288 e. The van der Waals surface area contributed by atoms with Gasteiger partial charge in [0.1, 0.15) is 0 Å². The van der Waals surface area contributed by atoms with E-state index in [0.717, 1.165) is 0 Å². The van der Waals surface area contributed by atoms with Crippen molar-refractivity contribution in [3.8, 4) is 0 Å². The van der Waals surface area contributed by atoms with Crippen LogP contribution in [0.15, 0.2) is 17.5 Å². The number of hydrogen-bond donors (Lipinski definition) is 1. The van der Waals surface area contributed by atoms with Gasteiger partial charge in [-0.2, -0.15) is 0 Å². The SMILES string of the molecule is C[C@@H](NP(C)C(C)(C)C)c1cccs1. The highest BCUT2D eigenvalue weighted by Gasteiger charge is 2.21. The third-order valence-corrected chi connectivity index (χ3v) is 6.21. The molecule has 14 heavy (non-hydrogen) atoms. The molecule has 1 rings (SSSR count). The van der Waals surface area contributed by atoms with Crippen molar-refractivity contribution in [3.63, 3.8) is 0 Å². The van der Waals surface area contributed by atoms with Crippen molar-refractivity contribution in [2.75, 3.05) is 6.66 Å². The van der Waals surface area contributed by atoms with Gasteiger partial charge < -0.3 is 0 Å². The van der Waals surface area contributed by atoms with Crippen molar-refractivity contribution < 1.29 is 0 Å². The normalized spacial score (nSPS) is 16.6. The first-order valence-electron chi connectivity index (χ1n) is 4.94. The van der Waals surface area contributed by atoms with Crippen LogP contribution in [0.1, 0.15) is 38.6 Å². The first-order valence-corrected chi connectivity index (χ1v) is 7.61. The van der Waals surface area contributed by atoms with Gasteiger partial charge in [-0.3, -0.25) is 5.09 Å². The van der Waals surface area contributed by atoms with E-state index in [-0.39, 0.29) is 8.07 Å². The predicted octanol–water partition coefficient (Wildman–Crippen LogP) is 4.22. The first kappa shape index (κ1) is 12.2. The number of hydrogen-bond acceptors (Lipinski definition) is 2. The zero-order chi connectivity index (χ0) is 10.8. The van der Waals surface area contributed by atoms with E-state index in [9.17, 15) is 0 Å². The maximum atomic E-state index is 3.70. The molecule has 0 bridgehead atoms. The van der Waals surface area contributed by atoms with Gasteiger partial charge in [0.05, 0.1) is 0 Å². The Balaban J connectivity index is 2.53. The Hall–Kier alpha value is 0.0900. The molecule has 2 atom stereocenters. The summed E-state index contributed by atoms with van der Waals surface area (Å²) < 4.78 is 0. The number of thiophene rings is 1. The van der Waals surface area contributed by atoms with Crippen LogP contribution in [0.3, 0.4) is 0 Å². The lowest BCUT2D eigenvalue weighted by Crippen LogP contribution is -2.23. The van der Waals surface area contributed by atoms with Crippen molar-refractivity contribution in [2.24, 2.45) is 0 Å². The molecule has 0 amide bonds. The van der Waals surface area contributed by atoms with Gasteiger partial charge in [0.15, 0.2) is 0 Å². The Morgan fingerprint density at radius 2 is 2.07 bits per heavy atom. The molecule has 1 aromatic rings. The molecule has 0 saturated heterocycles. The van der Waals surface area contributed by atoms with Gasteiger partial charge in [0.25, 0.3) is 0 Å². The monoisotopic (exact) mass is 229 g/mol. The molecule has 1 aromatic heterocycles. The predicted molar refractivity (Wildman–Crippen MR) is 68.5 cm³/mol. The molecule has 0 aromatic carbocycles. The standard InChI is InChI=1S/C11H20NPS/c1-9(10-7-6-8-14-10)12-13(5)11(2,3)4/h6-9,12H,1-5H3/t9-,13?/m1/s1. The average Bonchev–Trinajstić information content (AvgIpc) is 2.53. The fourth-order valence-electron chi connectivity index (χ4n) is 1.09. The summed E-state index contributed by atoms with van der Waals surface area (Å²) in [5, 5.41) is 6.23. The van der Waals surface area contributed by atoms with Gasteiger partial charge in [0.2, 0.25) is 0 Å². The van der Waals surface area contributed by atoms with Crippen molar-refractivity contribution in [2.45, 2.75) is 38.9 Å². The molecule has 0 fully saturated rings. The summed E-state index contributed by atoms with van der Waals surface area (Å²) in [5.74, 6) is 0. The third-order valence-electron chi connectivity index (χ3n) is 2.36. The van der Waals surface area contributed by atoms with Gasteiger partial charge in [0, 0.05) is 10.9 Å². The van der Waals surface area contributed by atoms with Crippen LogP contribution in [0.4, 0.5) is 0 Å². The molecule has 0 radical (unpaired) electrons. The highest BCUT2D eigenvalue weighted by Crippen LogP contribution is 2.44. The van der Waals surface area contributed by atoms with Crippen molar-refractivity contribution >= 4 is 19.4 Å². The molecule has 0 saturated carbocycles. The topological polar surface area (TPSA) is 12.0 Å². The summed E-state index contributed by atoms with van der Waals surface area (Å²) >= 11 is 1.83. The van der Waals surface area contributed by atoms with Crippen LogP contribution in [0, 0.1) is 0 Å². The lowest BCUT2D eigenvalue weighted by Gasteiger charge is -2.31. The molecular formula is C11H20NPS. The summed E-state index contributed by atoms with van der Waals surface area (Å²) in [4.78, 5) is 1.43. The minimum absolute atomic E-state index is 0.109. The molecule has 1 heterocycles. The van der Waals surface area contributed by atoms with Crippen molar-refractivity contribution in [3.05, 3.63) is 22.4 Å². The van der Waals surface area contributed by atoms with Gasteiger partial charge >= 0.3 is 0 Å². The van der Waals surface area contributed by atoms with E-state index < -0.39 is 0 Å². The first-order chi connectivity index (χ1) is 6.41. The second kappa shape index (κ2) is 4.74. The van der Waals surface area contributed by atoms with E-state index in [2.05, 4.69) is 57.0 Å². The summed E-state index contributed by atoms with van der Waals surface area (Å²) in [5.41, 5.74) is 0. The maximum absolute atomic E-state index is 3.70. The Bertz CT molecular complexity index is 263. The summed E-state index contributed by atoms with van der Waals surface area (Å²) in [7, 11) is -0.109. The molecule has 1 N–H and O–H groups in total. The summed E-state index contributed by atoms with van der Waals surface area (Å²) in [6, 6.07) is 4.81. The lowest BCUT2D eigenvalue weighted by molar-refractivity contribution is 0.711. The van der Waals surface area contributed by atoms with Crippen LogP contribution in [0.25, 0.3) is 0 Å². The Kier molecular flexibility index (Phi) is 4.12. The van der Waals surface area contributed by atoms with E-state index in [1.807, 2.05) is 11.3 Å². The Labute approximate surface area is 92.7 Å². The molecule has 1 unspecified atom stereocenters. The van der Waals surface area contributed by atoms with E-state index in [1.54, 1.807) is 0 Å². The van der Waals surface area contributed by atoms with Crippen LogP contribution in [-0.2, 0) is 0 Å². The van der Waals surface area contributed by atoms with Gasteiger partial charge in [-0.1, -0.05) is 26.8 Å². The smallest absolute Gasteiger partial charge is 0.0421 e. The molecular weight excluding hydrogens is 209 g/mol. The molecule has 0 aliphatic carbocycles. The number of rotatable bonds is 3. The van der Waals surface area contributed by atoms with E-state index >= 15 is 0 Å². The quantitative estimate of drug-likeness (QED) is 0.765. The Morgan fingerprint density at radius 1 is 1.43 bits per heavy atom. The van der Waals surface area contributed by atoms with Crippen molar-refractivity contribution in [1.82, 2.24) is 5.09 Å². The fraction of sp³-hybridized carbons (Fsp3) is 0.636. The molecule has 3 heteroatoms. The van der Waals surface area contributed by atoms with Gasteiger partial charge in [-0.25, -0.2) is 0 Å². The molecule has 80 valence electrons. The zero-order valence-corrected chi connectivity index (χ0v) is 11.4. The largest absolute Gasteiger partial charge is 0.288 e. The van der Waals surface area contributed by atoms with Gasteiger partial charge in [-0.05, 0) is 38.3 Å². The minimum atomic E-state index is -0.109. The van der Waals surface area contributed by atoms with Crippen LogP contribution in [-0.4, -0.2) is 11.8 Å². The van der Waals surface area contributed by atoms with E-state index in [1.165, 1.54) is 4.88 Å². The van der Waals surface area contributed by atoms with Crippen LogP contribution in [0.2, 0.25) is 0 Å². The van der Waals surface area contributed by atoms with Crippen LogP contribution < -0.4 is 5.09 Å². The highest BCUT2D eigenvalue weighted by molar-refractivity contribution is 7.56. The maximum Gasteiger partial charge on any atom is 0.0421 e. The molecule has 1 nitrogen and oxygen atoms in total. The molecule has 0 aliphatic heterocycles. The van der Waals surface area contributed by atoms with Crippen LogP contribution in [0.5, 0.6) is 0 Å². The summed E-state index contributed by atoms with van der Waals surface area (Å²) in [6.45, 7) is 11.5. The zero-order valence-electron chi connectivity index (χ0n) is 9.66. The second-order valence-electron chi connectivity index (χ2n) is 4.60. The third kappa shape index (κ3) is 3.34. The summed E-state index contributed by atoms with van der Waals surface area (Å²) in [6.07, 6.45) is 0. The second-order valence-corrected chi connectivity index (χ2v) is 8.29. The Morgan fingerprint density at radius 3 is 2.50 bits per heavy atom. The molecule has 0 spiro atoms. The van der Waals surface area contributed by atoms with E-state index in [0.29, 0.717) is 11.2 Å². The highest BCUT2D eigenvalue weighted by atomic mass is 32.1. The average molecular weight is 229 g/mol. The van der Waals surface area contributed by atoms with Gasteiger partial charge in [-0.15, -0.1) is 11.3 Å². The van der Waals surface area contributed by atoms with Crippen molar-refractivity contribution in [1.29, 1.82) is 0 Å². The fourth-order valence-corrected chi connectivity index (χ4v) is 3.01. The van der Waals surface area contributed by atoms with Crippen LogP contribution >= 0.6 is 19.4 Å². The van der Waals surface area contributed by atoms with E-state index in [4.69, 9.17) is 0 Å². The lowest BCUT2D eigenvalue weighted by atomic mass is 10.3. The number of nitrogens with one attached hydrogen (secondary N) is 1.